The SMILES string of the molecule is NC(=O)c1cn2c(CN[PH](=O)O)cc(Cl)nc2n1. The summed E-state index contributed by atoms with van der Waals surface area (Å²) < 4.78 is 12.1. The number of aromatic nitrogens is 3. The Bertz CT molecular complexity index is 643. The van der Waals surface area contributed by atoms with Crippen LogP contribution in [0.4, 0.5) is 0 Å². The Morgan fingerprint density at radius 1 is 1.61 bits per heavy atom. The van der Waals surface area contributed by atoms with E-state index in [0.717, 1.165) is 0 Å². The minimum atomic E-state index is -2.81. The highest BCUT2D eigenvalue weighted by Gasteiger charge is 2.12. The minimum Gasteiger partial charge on any atom is -0.364 e. The fourth-order valence-electron chi connectivity index (χ4n) is 1.42. The van der Waals surface area contributed by atoms with Crippen molar-refractivity contribution in [1.82, 2.24) is 19.5 Å². The van der Waals surface area contributed by atoms with Gasteiger partial charge in [-0.25, -0.2) is 15.1 Å². The van der Waals surface area contributed by atoms with Gasteiger partial charge in [0, 0.05) is 18.4 Å². The summed E-state index contributed by atoms with van der Waals surface area (Å²) >= 11 is 5.79. The third-order valence-corrected chi connectivity index (χ3v) is 2.84. The van der Waals surface area contributed by atoms with E-state index in [1.54, 1.807) is 0 Å². The second-order valence-corrected chi connectivity index (χ2v) is 4.74. The van der Waals surface area contributed by atoms with E-state index >= 15 is 0 Å². The number of primary amides is 1. The number of carbonyl (C=O) groups is 1. The smallest absolute Gasteiger partial charge is 0.268 e. The lowest BCUT2D eigenvalue weighted by Crippen LogP contribution is -2.11. The lowest BCUT2D eigenvalue weighted by Gasteiger charge is -2.05. The minimum absolute atomic E-state index is 0.0441. The van der Waals surface area contributed by atoms with Crippen LogP contribution in [0.1, 0.15) is 16.2 Å². The van der Waals surface area contributed by atoms with E-state index in [2.05, 4.69) is 15.1 Å². The first kappa shape index (κ1) is 13.0. The van der Waals surface area contributed by atoms with Gasteiger partial charge in [-0.1, -0.05) is 11.6 Å². The van der Waals surface area contributed by atoms with Crippen molar-refractivity contribution in [2.24, 2.45) is 5.73 Å². The molecule has 0 aliphatic heterocycles. The van der Waals surface area contributed by atoms with Crippen molar-refractivity contribution in [3.63, 3.8) is 0 Å². The molecular formula is C8H9ClN5O3P. The number of nitrogens with zero attached hydrogens (tertiary/aromatic N) is 3. The molecule has 1 amide bonds. The van der Waals surface area contributed by atoms with Crippen molar-refractivity contribution in [1.29, 1.82) is 0 Å². The van der Waals surface area contributed by atoms with Crippen LogP contribution in [0.5, 0.6) is 0 Å². The van der Waals surface area contributed by atoms with E-state index in [4.69, 9.17) is 22.2 Å². The molecule has 0 saturated heterocycles. The normalized spacial score (nSPS) is 12.8. The Kier molecular flexibility index (Phi) is 3.63. The predicted molar refractivity (Wildman–Crippen MR) is 64.6 cm³/mol. The Morgan fingerprint density at radius 3 is 2.94 bits per heavy atom. The van der Waals surface area contributed by atoms with E-state index in [-0.39, 0.29) is 23.2 Å². The van der Waals surface area contributed by atoms with Crippen molar-refractivity contribution < 1.29 is 14.3 Å². The second-order valence-electron chi connectivity index (χ2n) is 3.39. The molecule has 0 fully saturated rings. The highest BCUT2D eigenvalue weighted by molar-refractivity contribution is 7.35. The molecule has 4 N–H and O–H groups in total. The number of amides is 1. The monoisotopic (exact) mass is 289 g/mol. The molecular weight excluding hydrogens is 281 g/mol. The molecule has 0 aliphatic rings. The summed E-state index contributed by atoms with van der Waals surface area (Å²) in [7, 11) is -2.81. The van der Waals surface area contributed by atoms with Crippen LogP contribution in [0, 0.1) is 0 Å². The molecule has 2 heterocycles. The molecule has 0 aliphatic carbocycles. The molecule has 1 unspecified atom stereocenters. The van der Waals surface area contributed by atoms with E-state index in [1.165, 1.54) is 16.7 Å². The van der Waals surface area contributed by atoms with Crippen LogP contribution in [-0.2, 0) is 11.1 Å². The second kappa shape index (κ2) is 5.03. The van der Waals surface area contributed by atoms with Crippen LogP contribution in [-0.4, -0.2) is 25.2 Å². The molecule has 8 nitrogen and oxygen atoms in total. The van der Waals surface area contributed by atoms with Crippen LogP contribution < -0.4 is 10.8 Å². The molecule has 0 aromatic carbocycles. The molecule has 2 aromatic heterocycles. The van der Waals surface area contributed by atoms with Gasteiger partial charge < -0.3 is 10.6 Å². The Morgan fingerprint density at radius 2 is 2.33 bits per heavy atom. The largest absolute Gasteiger partial charge is 0.364 e. The Balaban J connectivity index is 2.50. The first-order valence-corrected chi connectivity index (χ1v) is 6.52. The lowest BCUT2D eigenvalue weighted by molar-refractivity contribution is 0.0996. The van der Waals surface area contributed by atoms with Crippen LogP contribution in [0.15, 0.2) is 12.3 Å². The number of hydrogen-bond donors (Lipinski definition) is 3. The quantitative estimate of drug-likeness (QED) is 0.536. The number of rotatable bonds is 4. The summed E-state index contributed by atoms with van der Waals surface area (Å²) in [5.41, 5.74) is 5.70. The average molecular weight is 290 g/mol. The highest BCUT2D eigenvalue weighted by Crippen LogP contribution is 2.15. The highest BCUT2D eigenvalue weighted by atomic mass is 35.5. The van der Waals surface area contributed by atoms with Gasteiger partial charge in [-0.15, -0.1) is 0 Å². The third-order valence-electron chi connectivity index (χ3n) is 2.16. The van der Waals surface area contributed by atoms with Gasteiger partial charge in [-0.2, -0.15) is 0 Å². The fraction of sp³-hybridized carbons (Fsp3) is 0.125. The van der Waals surface area contributed by atoms with Crippen molar-refractivity contribution in [2.45, 2.75) is 6.54 Å². The van der Waals surface area contributed by atoms with Gasteiger partial charge in [-0.05, 0) is 6.07 Å². The summed E-state index contributed by atoms with van der Waals surface area (Å²) in [5, 5.41) is 2.54. The number of imidazole rings is 1. The summed E-state index contributed by atoms with van der Waals surface area (Å²) in [6.45, 7) is 0.0849. The maximum absolute atomic E-state index is 11.0. The lowest BCUT2D eigenvalue weighted by atomic mass is 10.4. The standard InChI is InChI=1S/C8H9ClN5O3P/c9-6-1-4(2-11-18(16)17)14-3-5(7(10)15)12-8(14)13-6/h1,3,18H,2H2,(H2,10,15)(H2,11,16,17). The van der Waals surface area contributed by atoms with Gasteiger partial charge in [0.1, 0.15) is 10.8 Å². The molecule has 2 rings (SSSR count). The molecule has 18 heavy (non-hydrogen) atoms. The number of nitrogens with two attached hydrogens (primary N) is 1. The first-order chi connectivity index (χ1) is 8.47. The summed E-state index contributed by atoms with van der Waals surface area (Å²) in [4.78, 5) is 27.6. The Hall–Kier alpha value is -1.47. The number of nitrogens with one attached hydrogen (secondary N) is 1. The number of hydrogen-bond acceptors (Lipinski definition) is 4. The van der Waals surface area contributed by atoms with E-state index in [0.29, 0.717) is 5.69 Å². The molecule has 10 heteroatoms. The average Bonchev–Trinajstić information content (AvgIpc) is 2.69. The molecule has 1 atom stereocenters. The number of fused-ring (bicyclic) bond motifs is 1. The maximum atomic E-state index is 11.0. The van der Waals surface area contributed by atoms with Crippen molar-refractivity contribution in [3.8, 4) is 0 Å². The van der Waals surface area contributed by atoms with Gasteiger partial charge >= 0.3 is 0 Å². The van der Waals surface area contributed by atoms with Gasteiger partial charge in [0.25, 0.3) is 14.1 Å². The molecule has 0 spiro atoms. The Labute approximate surface area is 107 Å². The van der Waals surface area contributed by atoms with Crippen molar-refractivity contribution in [2.75, 3.05) is 0 Å². The van der Waals surface area contributed by atoms with Crippen LogP contribution >= 0.6 is 19.8 Å². The van der Waals surface area contributed by atoms with Crippen LogP contribution in [0.25, 0.3) is 5.78 Å². The van der Waals surface area contributed by atoms with Crippen LogP contribution in [0.3, 0.4) is 0 Å². The van der Waals surface area contributed by atoms with Crippen LogP contribution in [0.2, 0.25) is 5.15 Å². The van der Waals surface area contributed by atoms with E-state index in [1.807, 2.05) is 0 Å². The predicted octanol–water partition coefficient (Wildman–Crippen LogP) is -0.0468. The zero-order valence-corrected chi connectivity index (χ0v) is 10.7. The molecule has 0 saturated carbocycles. The zero-order valence-electron chi connectivity index (χ0n) is 8.92. The fourth-order valence-corrected chi connectivity index (χ4v) is 1.95. The molecule has 2 aromatic rings. The third kappa shape index (κ3) is 2.68. The van der Waals surface area contributed by atoms with Gasteiger partial charge in [0.05, 0.1) is 0 Å². The van der Waals surface area contributed by atoms with Gasteiger partial charge in [-0.3, -0.25) is 13.8 Å². The van der Waals surface area contributed by atoms with E-state index < -0.39 is 14.1 Å². The number of carbonyl (C=O) groups excluding carboxylic acids is 1. The molecule has 0 radical (unpaired) electrons. The van der Waals surface area contributed by atoms with Crippen molar-refractivity contribution >= 4 is 31.5 Å². The van der Waals surface area contributed by atoms with Gasteiger partial charge in [0.15, 0.2) is 0 Å². The molecule has 0 bridgehead atoms. The first-order valence-electron chi connectivity index (χ1n) is 4.78. The maximum Gasteiger partial charge on any atom is 0.268 e. The van der Waals surface area contributed by atoms with E-state index in [9.17, 15) is 9.36 Å². The number of halogens is 1. The van der Waals surface area contributed by atoms with Crippen molar-refractivity contribution in [3.05, 3.63) is 28.8 Å². The summed E-state index contributed by atoms with van der Waals surface area (Å²) in [5.74, 6) is -0.489. The summed E-state index contributed by atoms with van der Waals surface area (Å²) in [6, 6.07) is 1.50. The van der Waals surface area contributed by atoms with Gasteiger partial charge in [0.2, 0.25) is 5.78 Å². The zero-order chi connectivity index (χ0) is 13.3. The summed E-state index contributed by atoms with van der Waals surface area (Å²) in [6.07, 6.45) is 1.40. The molecule has 96 valence electrons. The topological polar surface area (TPSA) is 123 Å².